The Bertz CT molecular complexity index is 1090. The molecule has 11 heteroatoms. The zero-order chi connectivity index (χ0) is 20.8. The molecule has 0 bridgehead atoms. The molecule has 4 rings (SSSR count). The number of nitrogens with one attached hydrogen (secondary N) is 1. The molecule has 2 amide bonds. The van der Waals surface area contributed by atoms with E-state index >= 15 is 0 Å². The Labute approximate surface area is 164 Å². The Hall–Kier alpha value is -3.37. The van der Waals surface area contributed by atoms with Gasteiger partial charge in [-0.3, -0.25) is 14.3 Å². The van der Waals surface area contributed by atoms with Gasteiger partial charge in [0.1, 0.15) is 0 Å². The van der Waals surface area contributed by atoms with Gasteiger partial charge in [-0.1, -0.05) is 23.4 Å². The Balaban J connectivity index is 1.63. The summed E-state index contributed by atoms with van der Waals surface area (Å²) in [6.07, 6.45) is 0.868. The van der Waals surface area contributed by atoms with E-state index in [9.17, 15) is 18.4 Å². The lowest BCUT2D eigenvalue weighted by Crippen LogP contribution is -2.39. The number of nitrogens with zero attached hydrogens (tertiary/aromatic N) is 6. The molecule has 0 spiro atoms. The first-order valence-electron chi connectivity index (χ1n) is 9.02. The minimum absolute atomic E-state index is 0.00388. The molecule has 0 saturated carbocycles. The molecule has 3 aromatic rings. The molecule has 1 aliphatic rings. The van der Waals surface area contributed by atoms with Gasteiger partial charge < -0.3 is 10.2 Å². The first kappa shape index (κ1) is 19.0. The summed E-state index contributed by atoms with van der Waals surface area (Å²) >= 11 is 0. The fourth-order valence-corrected chi connectivity index (χ4v) is 3.64. The number of fused-ring (bicyclic) bond motifs is 1. The monoisotopic (exact) mass is 403 g/mol. The smallest absolute Gasteiger partial charge is 0.275 e. The molecule has 0 aliphatic carbocycles. The molecule has 1 aromatic carbocycles. The van der Waals surface area contributed by atoms with Gasteiger partial charge in [-0.15, -0.1) is 5.10 Å². The van der Waals surface area contributed by atoms with Crippen molar-refractivity contribution in [3.8, 4) is 0 Å². The fraction of sp³-hybridized carbons (Fsp3) is 0.389. The molecule has 0 unspecified atom stereocenters. The average Bonchev–Trinajstić information content (AvgIpc) is 3.37. The zero-order valence-corrected chi connectivity index (χ0v) is 15.8. The van der Waals surface area contributed by atoms with Crippen molar-refractivity contribution in [1.29, 1.82) is 0 Å². The molecule has 1 atom stereocenters. The third-order valence-electron chi connectivity index (χ3n) is 4.99. The maximum absolute atomic E-state index is 14.2. The number of amides is 2. The highest BCUT2D eigenvalue weighted by atomic mass is 19.3. The lowest BCUT2D eigenvalue weighted by molar-refractivity contribution is 0.0117. The van der Waals surface area contributed by atoms with Crippen LogP contribution in [0.2, 0.25) is 0 Å². The van der Waals surface area contributed by atoms with Crippen LogP contribution >= 0.6 is 0 Å². The number of carbonyl (C=O) groups excluding carboxylic acids is 2. The number of aryl methyl sites for hydroxylation is 1. The van der Waals surface area contributed by atoms with Crippen LogP contribution in [0.1, 0.15) is 27.4 Å². The van der Waals surface area contributed by atoms with E-state index in [1.807, 2.05) is 12.1 Å². The Morgan fingerprint density at radius 3 is 2.83 bits per heavy atom. The van der Waals surface area contributed by atoms with Crippen molar-refractivity contribution < 1.29 is 18.4 Å². The van der Waals surface area contributed by atoms with Crippen molar-refractivity contribution in [2.24, 2.45) is 7.05 Å². The second kappa shape index (κ2) is 6.90. The molecule has 1 fully saturated rings. The summed E-state index contributed by atoms with van der Waals surface area (Å²) in [5, 5.41) is 14.8. The van der Waals surface area contributed by atoms with Gasteiger partial charge in [0.2, 0.25) is 0 Å². The van der Waals surface area contributed by atoms with Gasteiger partial charge in [-0.05, 0) is 6.07 Å². The van der Waals surface area contributed by atoms with Gasteiger partial charge in [0.15, 0.2) is 11.4 Å². The number of carbonyl (C=O) groups is 2. The van der Waals surface area contributed by atoms with Crippen molar-refractivity contribution in [2.45, 2.75) is 24.9 Å². The van der Waals surface area contributed by atoms with Crippen molar-refractivity contribution in [3.63, 3.8) is 0 Å². The van der Waals surface area contributed by atoms with Gasteiger partial charge in [0.25, 0.3) is 17.7 Å². The van der Waals surface area contributed by atoms with Crippen LogP contribution in [-0.4, -0.2) is 67.0 Å². The van der Waals surface area contributed by atoms with Crippen LogP contribution in [0.5, 0.6) is 0 Å². The normalized spacial score (nSPS) is 18.3. The summed E-state index contributed by atoms with van der Waals surface area (Å²) in [7, 11) is 3.15. The molecule has 1 aliphatic heterocycles. The summed E-state index contributed by atoms with van der Waals surface area (Å²) in [6.45, 7) is -0.700. The van der Waals surface area contributed by atoms with E-state index in [1.54, 1.807) is 23.9 Å². The highest BCUT2D eigenvalue weighted by molar-refractivity contribution is 6.05. The van der Waals surface area contributed by atoms with Crippen LogP contribution in [0.4, 0.5) is 8.78 Å². The van der Waals surface area contributed by atoms with E-state index in [1.165, 1.54) is 17.9 Å². The van der Waals surface area contributed by atoms with Crippen molar-refractivity contribution in [3.05, 3.63) is 41.9 Å². The molecule has 2 aromatic heterocycles. The van der Waals surface area contributed by atoms with Gasteiger partial charge in [0, 0.05) is 25.9 Å². The summed E-state index contributed by atoms with van der Waals surface area (Å²) in [6, 6.07) is 6.33. The van der Waals surface area contributed by atoms with E-state index in [4.69, 9.17) is 0 Å². The molecule has 3 heterocycles. The number of halogens is 2. The highest BCUT2D eigenvalue weighted by Crippen LogP contribution is 2.34. The Morgan fingerprint density at radius 1 is 1.31 bits per heavy atom. The van der Waals surface area contributed by atoms with Crippen LogP contribution in [0.25, 0.3) is 10.9 Å². The summed E-state index contributed by atoms with van der Waals surface area (Å²) < 4.78 is 31.3. The third kappa shape index (κ3) is 3.43. The fourth-order valence-electron chi connectivity index (χ4n) is 3.64. The van der Waals surface area contributed by atoms with E-state index in [-0.39, 0.29) is 17.9 Å². The lowest BCUT2D eigenvalue weighted by Gasteiger charge is -2.23. The third-order valence-corrected chi connectivity index (χ3v) is 4.99. The molecule has 1 N–H and O–H groups in total. The number of alkyl halides is 2. The number of rotatable bonds is 4. The van der Waals surface area contributed by atoms with Crippen LogP contribution in [-0.2, 0) is 13.6 Å². The number of para-hydroxylation sites is 1. The summed E-state index contributed by atoms with van der Waals surface area (Å²) in [5.74, 6) is -4.01. The van der Waals surface area contributed by atoms with E-state index in [0.717, 1.165) is 10.4 Å². The summed E-state index contributed by atoms with van der Waals surface area (Å²) in [4.78, 5) is 25.9. The second-order valence-corrected chi connectivity index (χ2v) is 7.04. The maximum Gasteiger partial charge on any atom is 0.275 e. The van der Waals surface area contributed by atoms with Crippen molar-refractivity contribution in [1.82, 2.24) is 35.0 Å². The standard InChI is InChI=1S/C18H19F2N7O2/c1-21-16(28)13-9-26(24-22-13)8-11-7-18(19,20)10-27(11)17(29)15-12-5-3-4-6-14(12)25(2)23-15/h3-6,9,11H,7-8,10H2,1-2H3,(H,21,28)/t11-/m0/s1. The van der Waals surface area contributed by atoms with Crippen molar-refractivity contribution >= 4 is 22.7 Å². The molecule has 29 heavy (non-hydrogen) atoms. The molecule has 1 saturated heterocycles. The lowest BCUT2D eigenvalue weighted by atomic mass is 10.1. The number of hydrogen-bond acceptors (Lipinski definition) is 5. The number of benzene rings is 1. The number of aromatic nitrogens is 5. The topological polar surface area (TPSA) is 97.9 Å². The van der Waals surface area contributed by atoms with Crippen LogP contribution < -0.4 is 5.32 Å². The largest absolute Gasteiger partial charge is 0.354 e. The molecule has 9 nitrogen and oxygen atoms in total. The SMILES string of the molecule is CNC(=O)c1cn(C[C@@H]2CC(F)(F)CN2C(=O)c2nn(C)c3ccccc23)nn1. The van der Waals surface area contributed by atoms with Crippen LogP contribution in [0, 0.1) is 0 Å². The molecule has 0 radical (unpaired) electrons. The van der Waals surface area contributed by atoms with Crippen LogP contribution in [0.3, 0.4) is 0 Å². The van der Waals surface area contributed by atoms with Gasteiger partial charge in [-0.2, -0.15) is 5.10 Å². The maximum atomic E-state index is 14.2. The molecular weight excluding hydrogens is 384 g/mol. The highest BCUT2D eigenvalue weighted by Gasteiger charge is 2.48. The molecule has 152 valence electrons. The Morgan fingerprint density at radius 2 is 2.07 bits per heavy atom. The minimum atomic E-state index is -3.02. The first-order chi connectivity index (χ1) is 13.8. The quantitative estimate of drug-likeness (QED) is 0.703. The van der Waals surface area contributed by atoms with E-state index in [2.05, 4.69) is 20.7 Å². The average molecular weight is 403 g/mol. The van der Waals surface area contributed by atoms with Crippen molar-refractivity contribution in [2.75, 3.05) is 13.6 Å². The zero-order valence-electron chi connectivity index (χ0n) is 15.8. The second-order valence-electron chi connectivity index (χ2n) is 7.04. The van der Waals surface area contributed by atoms with Gasteiger partial charge >= 0.3 is 0 Å². The van der Waals surface area contributed by atoms with E-state index < -0.39 is 36.7 Å². The minimum Gasteiger partial charge on any atom is -0.354 e. The summed E-state index contributed by atoms with van der Waals surface area (Å²) in [5.41, 5.74) is 0.950. The van der Waals surface area contributed by atoms with Crippen LogP contribution in [0.15, 0.2) is 30.5 Å². The first-order valence-corrected chi connectivity index (χ1v) is 9.02. The van der Waals surface area contributed by atoms with Gasteiger partial charge in [0.05, 0.1) is 30.8 Å². The number of hydrogen-bond donors (Lipinski definition) is 1. The number of likely N-dealkylation sites (tertiary alicyclic amines) is 1. The Kier molecular flexibility index (Phi) is 4.52. The predicted molar refractivity (Wildman–Crippen MR) is 98.5 cm³/mol. The molecular formula is C18H19F2N7O2. The predicted octanol–water partition coefficient (Wildman–Crippen LogP) is 1.07. The van der Waals surface area contributed by atoms with E-state index in [0.29, 0.717) is 5.39 Å². The van der Waals surface area contributed by atoms with Gasteiger partial charge in [-0.25, -0.2) is 13.5 Å².